The Balaban J connectivity index is 1.71. The number of rotatable bonds is 5. The number of nitrogens with zero attached hydrogens (tertiary/aromatic N) is 3. The molecule has 0 radical (unpaired) electrons. The van der Waals surface area contributed by atoms with Crippen LogP contribution in [-0.2, 0) is 13.0 Å². The van der Waals surface area contributed by atoms with Gasteiger partial charge in [0.1, 0.15) is 0 Å². The predicted molar refractivity (Wildman–Crippen MR) is 79.4 cm³/mol. The molecule has 0 amide bonds. The highest BCUT2D eigenvalue weighted by Gasteiger charge is 2.22. The molecule has 2 heterocycles. The maximum absolute atomic E-state index is 5.26. The molecule has 1 aromatic rings. The topological polar surface area (TPSA) is 54.2 Å². The molecular formula is C15H28N4O. The summed E-state index contributed by atoms with van der Waals surface area (Å²) in [5, 5.41) is 7.56. The molecule has 0 saturated carbocycles. The fraction of sp³-hybridized carbons (Fsp3) is 0.867. The van der Waals surface area contributed by atoms with Crippen molar-refractivity contribution in [1.29, 1.82) is 0 Å². The SMILES string of the molecule is CCc1noc(CN2CCC(CNC(C)(C)C)CC2)n1. The minimum atomic E-state index is 0.220. The van der Waals surface area contributed by atoms with E-state index in [0.717, 1.165) is 50.2 Å². The first-order chi connectivity index (χ1) is 9.46. The molecule has 0 aliphatic carbocycles. The number of nitrogens with one attached hydrogen (secondary N) is 1. The summed E-state index contributed by atoms with van der Waals surface area (Å²) in [7, 11) is 0. The van der Waals surface area contributed by atoms with Crippen LogP contribution in [0.2, 0.25) is 0 Å². The Morgan fingerprint density at radius 1 is 1.30 bits per heavy atom. The van der Waals surface area contributed by atoms with E-state index < -0.39 is 0 Å². The Morgan fingerprint density at radius 2 is 2.00 bits per heavy atom. The second-order valence-electron chi connectivity index (χ2n) is 6.81. The van der Waals surface area contributed by atoms with E-state index in [2.05, 4.69) is 41.1 Å². The van der Waals surface area contributed by atoms with Crippen molar-refractivity contribution in [3.05, 3.63) is 11.7 Å². The van der Waals surface area contributed by atoms with Crippen LogP contribution in [0.1, 0.15) is 52.3 Å². The molecule has 20 heavy (non-hydrogen) atoms. The molecule has 0 unspecified atom stereocenters. The maximum atomic E-state index is 5.26. The van der Waals surface area contributed by atoms with Gasteiger partial charge in [0.2, 0.25) is 5.89 Å². The van der Waals surface area contributed by atoms with Gasteiger partial charge in [-0.2, -0.15) is 4.98 Å². The lowest BCUT2D eigenvalue weighted by molar-refractivity contribution is 0.154. The number of aromatic nitrogens is 2. The molecule has 0 spiro atoms. The summed E-state index contributed by atoms with van der Waals surface area (Å²) in [6, 6.07) is 0. The van der Waals surface area contributed by atoms with Gasteiger partial charge < -0.3 is 9.84 Å². The molecule has 1 fully saturated rings. The molecule has 1 aliphatic heterocycles. The van der Waals surface area contributed by atoms with Gasteiger partial charge in [-0.15, -0.1) is 0 Å². The Kier molecular flexibility index (Phi) is 5.16. The Bertz CT molecular complexity index is 402. The van der Waals surface area contributed by atoms with Gasteiger partial charge in [0, 0.05) is 12.0 Å². The normalized spacial score (nSPS) is 18.6. The molecule has 5 heteroatoms. The van der Waals surface area contributed by atoms with Crippen molar-refractivity contribution in [2.75, 3.05) is 19.6 Å². The van der Waals surface area contributed by atoms with Crippen LogP contribution in [0.25, 0.3) is 0 Å². The van der Waals surface area contributed by atoms with Crippen LogP contribution in [0.15, 0.2) is 4.52 Å². The zero-order valence-electron chi connectivity index (χ0n) is 13.3. The first-order valence-corrected chi connectivity index (χ1v) is 7.75. The molecule has 114 valence electrons. The predicted octanol–water partition coefficient (Wildman–Crippen LogP) is 2.23. The highest BCUT2D eigenvalue weighted by molar-refractivity contribution is 4.87. The molecule has 0 aromatic carbocycles. The summed E-state index contributed by atoms with van der Waals surface area (Å²) in [5.74, 6) is 2.36. The molecule has 0 bridgehead atoms. The summed E-state index contributed by atoms with van der Waals surface area (Å²) in [6.07, 6.45) is 3.33. The van der Waals surface area contributed by atoms with E-state index in [1.54, 1.807) is 0 Å². The molecule has 1 aromatic heterocycles. The molecule has 0 atom stereocenters. The largest absolute Gasteiger partial charge is 0.338 e. The maximum Gasteiger partial charge on any atom is 0.240 e. The van der Waals surface area contributed by atoms with Gasteiger partial charge in [0.05, 0.1) is 6.54 Å². The van der Waals surface area contributed by atoms with Crippen LogP contribution in [0.4, 0.5) is 0 Å². The minimum absolute atomic E-state index is 0.220. The second kappa shape index (κ2) is 6.68. The smallest absolute Gasteiger partial charge is 0.240 e. The molecule has 1 saturated heterocycles. The van der Waals surface area contributed by atoms with Gasteiger partial charge >= 0.3 is 0 Å². The van der Waals surface area contributed by atoms with E-state index in [4.69, 9.17) is 4.52 Å². The summed E-state index contributed by atoms with van der Waals surface area (Å²) in [5.41, 5.74) is 0.220. The van der Waals surface area contributed by atoms with Crippen molar-refractivity contribution in [1.82, 2.24) is 20.4 Å². The average Bonchev–Trinajstić information content (AvgIpc) is 2.85. The zero-order valence-corrected chi connectivity index (χ0v) is 13.3. The lowest BCUT2D eigenvalue weighted by atomic mass is 9.95. The number of likely N-dealkylation sites (tertiary alicyclic amines) is 1. The zero-order chi connectivity index (χ0) is 14.6. The van der Waals surface area contributed by atoms with Crippen molar-refractivity contribution in [3.63, 3.8) is 0 Å². The third-order valence-electron chi connectivity index (χ3n) is 3.81. The Labute approximate surface area is 122 Å². The van der Waals surface area contributed by atoms with Crippen molar-refractivity contribution < 1.29 is 4.52 Å². The first-order valence-electron chi connectivity index (χ1n) is 7.75. The van der Waals surface area contributed by atoms with Crippen LogP contribution < -0.4 is 5.32 Å². The molecule has 2 rings (SSSR count). The second-order valence-corrected chi connectivity index (χ2v) is 6.81. The van der Waals surface area contributed by atoms with Crippen LogP contribution in [-0.4, -0.2) is 40.2 Å². The number of piperidine rings is 1. The Morgan fingerprint density at radius 3 is 2.55 bits per heavy atom. The van der Waals surface area contributed by atoms with Gasteiger partial charge in [0.15, 0.2) is 5.82 Å². The monoisotopic (exact) mass is 280 g/mol. The number of hydrogen-bond donors (Lipinski definition) is 1. The summed E-state index contributed by atoms with van der Waals surface area (Å²) in [6.45, 7) is 12.9. The molecule has 1 aliphatic rings. The third kappa shape index (κ3) is 4.87. The quantitative estimate of drug-likeness (QED) is 0.896. The fourth-order valence-electron chi connectivity index (χ4n) is 2.49. The van der Waals surface area contributed by atoms with Crippen LogP contribution in [0.3, 0.4) is 0 Å². The molecular weight excluding hydrogens is 252 g/mol. The van der Waals surface area contributed by atoms with E-state index in [0.29, 0.717) is 0 Å². The van der Waals surface area contributed by atoms with Crippen molar-refractivity contribution in [3.8, 4) is 0 Å². The minimum Gasteiger partial charge on any atom is -0.338 e. The lowest BCUT2D eigenvalue weighted by Crippen LogP contribution is -2.42. The highest BCUT2D eigenvalue weighted by Crippen LogP contribution is 2.18. The van der Waals surface area contributed by atoms with Crippen LogP contribution >= 0.6 is 0 Å². The lowest BCUT2D eigenvalue weighted by Gasteiger charge is -2.33. The van der Waals surface area contributed by atoms with E-state index in [9.17, 15) is 0 Å². The number of hydrogen-bond acceptors (Lipinski definition) is 5. The average molecular weight is 280 g/mol. The standard InChI is InChI=1S/C15H28N4O/c1-5-13-17-14(20-18-13)11-19-8-6-12(7-9-19)10-16-15(2,3)4/h12,16H,5-11H2,1-4H3. The van der Waals surface area contributed by atoms with E-state index in [-0.39, 0.29) is 5.54 Å². The van der Waals surface area contributed by atoms with Crippen LogP contribution in [0.5, 0.6) is 0 Å². The highest BCUT2D eigenvalue weighted by atomic mass is 16.5. The molecule has 5 nitrogen and oxygen atoms in total. The van der Waals surface area contributed by atoms with E-state index in [1.807, 2.05) is 6.92 Å². The fourth-order valence-corrected chi connectivity index (χ4v) is 2.49. The number of aryl methyl sites for hydroxylation is 1. The van der Waals surface area contributed by atoms with Gasteiger partial charge in [0.25, 0.3) is 0 Å². The molecule has 1 N–H and O–H groups in total. The summed E-state index contributed by atoms with van der Waals surface area (Å²) >= 11 is 0. The van der Waals surface area contributed by atoms with Gasteiger partial charge in [-0.1, -0.05) is 12.1 Å². The third-order valence-corrected chi connectivity index (χ3v) is 3.81. The van der Waals surface area contributed by atoms with E-state index >= 15 is 0 Å². The van der Waals surface area contributed by atoms with Crippen LogP contribution in [0, 0.1) is 5.92 Å². The van der Waals surface area contributed by atoms with Gasteiger partial charge in [-0.05, 0) is 59.2 Å². The van der Waals surface area contributed by atoms with Crippen molar-refractivity contribution in [2.24, 2.45) is 5.92 Å². The summed E-state index contributed by atoms with van der Waals surface area (Å²) < 4.78 is 5.26. The van der Waals surface area contributed by atoms with Gasteiger partial charge in [-0.25, -0.2) is 0 Å². The van der Waals surface area contributed by atoms with Crippen molar-refractivity contribution in [2.45, 2.75) is 59.0 Å². The van der Waals surface area contributed by atoms with E-state index in [1.165, 1.54) is 12.8 Å². The van der Waals surface area contributed by atoms with Gasteiger partial charge in [-0.3, -0.25) is 4.90 Å². The summed E-state index contributed by atoms with van der Waals surface area (Å²) in [4.78, 5) is 6.80. The van der Waals surface area contributed by atoms with Crippen molar-refractivity contribution >= 4 is 0 Å². The first kappa shape index (κ1) is 15.4. The Hall–Kier alpha value is -0.940.